The van der Waals surface area contributed by atoms with Crippen molar-refractivity contribution in [3.8, 4) is 56.7 Å². The third-order valence-electron chi connectivity index (χ3n) is 26.3. The van der Waals surface area contributed by atoms with Crippen LogP contribution in [-0.2, 0) is 87.3 Å². The van der Waals surface area contributed by atoms with Crippen molar-refractivity contribution in [2.75, 3.05) is 109 Å². The van der Waals surface area contributed by atoms with E-state index in [2.05, 4.69) is 140 Å². The minimum atomic E-state index is -1.03. The molecule has 6 aromatic heterocycles. The number of nitrogens with two attached hydrogens (primary N) is 3. The molecule has 4 aliphatic heterocycles. The van der Waals surface area contributed by atoms with Crippen molar-refractivity contribution in [3.63, 3.8) is 0 Å². The van der Waals surface area contributed by atoms with Gasteiger partial charge in [0, 0.05) is 79.4 Å². The lowest BCUT2D eigenvalue weighted by molar-refractivity contribution is -0.139. The lowest BCUT2D eigenvalue weighted by atomic mass is 9.66. The number of hydrogen-bond acceptors (Lipinski definition) is 26. The number of aliphatic carboxylic acids is 1. The highest BCUT2D eigenvalue weighted by atomic mass is 16.5. The highest BCUT2D eigenvalue weighted by Crippen LogP contribution is 2.46. The zero-order chi connectivity index (χ0) is 97.1. The topological polar surface area (TPSA) is 454 Å². The van der Waals surface area contributed by atoms with Crippen LogP contribution in [0.3, 0.4) is 0 Å². The number of aryl methyl sites for hydroxylation is 2. The van der Waals surface area contributed by atoms with Crippen molar-refractivity contribution < 1.29 is 81.5 Å². The quantitative estimate of drug-likeness (QED) is 0.0138. The SMILES string of the molecule is CC1(c2ccc(-n3c(-c4cccnc4N)nc4ccc(-c5cccc(CCCC(=O)CCOCCOCCOCCNc6cccc7c6C(=O)N(C6CCC(=O)NC6=O)C7=O)c5)nc43)cc2)CCC1.CC1(c2ccc(-n3c(-c4cccnc4N)nc4ccc(-c5cccc(CCN)c5)nc43)cc2)CCC1.O=C(O)CCOCCOCCOCCCc1cccc2c1C(=O)N(C1CCC(=O)NC1=O)C2=O. The van der Waals surface area contributed by atoms with E-state index in [1.165, 1.54) is 55.2 Å². The van der Waals surface area contributed by atoms with Gasteiger partial charge in [0.25, 0.3) is 23.6 Å². The summed E-state index contributed by atoms with van der Waals surface area (Å²) in [7, 11) is 0. The molecule has 6 aromatic carbocycles. The molecule has 8 amide bonds. The Morgan fingerprint density at radius 2 is 0.899 bits per heavy atom. The number of anilines is 3. The second-order valence-corrected chi connectivity index (χ2v) is 35.8. The van der Waals surface area contributed by atoms with E-state index >= 15 is 0 Å². The Kier molecular flexibility index (Phi) is 31.9. The fourth-order valence-corrected chi connectivity index (χ4v) is 18.4. The van der Waals surface area contributed by atoms with Gasteiger partial charge in [0.1, 0.15) is 40.5 Å². The summed E-state index contributed by atoms with van der Waals surface area (Å²) in [6, 6.07) is 58.0. The van der Waals surface area contributed by atoms with E-state index in [4.69, 9.17) is 70.7 Å². The summed E-state index contributed by atoms with van der Waals surface area (Å²) < 4.78 is 37.1. The van der Waals surface area contributed by atoms with Crippen molar-refractivity contribution in [2.24, 2.45) is 5.73 Å². The van der Waals surface area contributed by atoms with Gasteiger partial charge >= 0.3 is 5.97 Å². The summed E-state index contributed by atoms with van der Waals surface area (Å²) in [5.41, 5.74) is 36.5. The van der Waals surface area contributed by atoms with Gasteiger partial charge in [-0.2, -0.15) is 0 Å². The summed E-state index contributed by atoms with van der Waals surface area (Å²) in [4.78, 5) is 154. The molecule has 0 spiro atoms. The van der Waals surface area contributed by atoms with Crippen LogP contribution in [0.1, 0.15) is 179 Å². The van der Waals surface area contributed by atoms with Crippen LogP contribution in [0.5, 0.6) is 0 Å². The number of ether oxygens (including phenoxy) is 6. The molecule has 2 unspecified atom stereocenters. The molecule has 2 saturated heterocycles. The average Bonchev–Trinajstić information content (AvgIpc) is 1.62. The molecule has 33 nitrogen and oxygen atoms in total. The number of nitrogen functional groups attached to an aromatic ring is 2. The molecule has 6 aliphatic rings. The van der Waals surface area contributed by atoms with Gasteiger partial charge in [-0.25, -0.2) is 29.9 Å². The number of hydrogen-bond donors (Lipinski definition) is 7. The Labute approximate surface area is 803 Å². The average molecular weight is 1880 g/mol. The predicted molar refractivity (Wildman–Crippen MR) is 522 cm³/mol. The molecule has 720 valence electrons. The minimum absolute atomic E-state index is 0.0392. The van der Waals surface area contributed by atoms with Crippen LogP contribution in [0, 0.1) is 0 Å². The number of aromatic nitrogens is 8. The Balaban J connectivity index is 0.000000167. The predicted octanol–water partition coefficient (Wildman–Crippen LogP) is 13.2. The van der Waals surface area contributed by atoms with Crippen LogP contribution >= 0.6 is 0 Å². The first-order chi connectivity index (χ1) is 67.5. The van der Waals surface area contributed by atoms with Crippen LogP contribution in [0.2, 0.25) is 0 Å². The highest BCUT2D eigenvalue weighted by molar-refractivity contribution is 6.26. The number of carboxylic acids is 1. The smallest absolute Gasteiger partial charge is 0.305 e. The standard InChI is InChI=1S/C53H56N8O8.C30H30N6.C23H28N2O9/c1-53(23-6-24-53)36-14-16-37(17-15-36)60-48(40-12-5-25-56-47(40)54)58-43-19-18-41(57-49(43)60)35-9-2-7-34(33-35)8-3-10-38(62)22-27-67-29-31-69-32-30-68-28-26-55-42-13-4-11-39-46(42)52(66)61(51(39)65)44-20-21-45(63)59-50(44)64;1-30(15-4-16-30)22-8-10-23(11-9-22)36-28(24-7-3-18-33-27(24)32)35-26-13-12-25(34-29(26)36)21-6-2-5-20(19-21)14-17-31;26-18-7-6-17(21(29)24-18)25-22(30)16-5-1-3-15(20(16)23(25)31)4-2-9-32-11-13-34-14-12-33-10-8-19(27)28/h2,4-5,7,9,11-19,25,33,44,55H,3,6,8,10,20-24,26-32H2,1H3,(H2,54,56)(H,59,63,64);2-3,5-13,18-19H,4,14-17,31H2,1H3,(H2,32,33);1,3,5,17H,2,4,6-14H2,(H,27,28)(H,24,26,29). The fourth-order valence-electron chi connectivity index (χ4n) is 18.4. The van der Waals surface area contributed by atoms with Gasteiger partial charge in [0.15, 0.2) is 22.9 Å². The van der Waals surface area contributed by atoms with E-state index < -0.39 is 65.3 Å². The number of carbonyl (C=O) groups excluding carboxylic acids is 9. The molecule has 2 saturated carbocycles. The number of imidazole rings is 2. The number of amides is 8. The first kappa shape index (κ1) is 97.8. The van der Waals surface area contributed by atoms with Gasteiger partial charge in [-0.1, -0.05) is 106 Å². The maximum absolute atomic E-state index is 13.3. The maximum atomic E-state index is 13.3. The molecular formula is C106H114N16O17. The molecule has 33 heteroatoms. The number of piperidine rings is 2. The molecule has 4 fully saturated rings. The van der Waals surface area contributed by atoms with Crippen molar-refractivity contribution in [2.45, 2.75) is 152 Å². The van der Waals surface area contributed by atoms with E-state index in [-0.39, 0.29) is 72.0 Å². The number of Topliss-reactive ketones (excluding diaryl/α,β-unsaturated/α-hetero) is 1. The van der Waals surface area contributed by atoms with Gasteiger partial charge in [0.2, 0.25) is 23.6 Å². The van der Waals surface area contributed by atoms with E-state index in [1.54, 1.807) is 48.8 Å². The summed E-state index contributed by atoms with van der Waals surface area (Å²) in [5.74, 6) is -2.75. The Morgan fingerprint density at radius 1 is 0.453 bits per heavy atom. The lowest BCUT2D eigenvalue weighted by Gasteiger charge is -2.39. The fraction of sp³-hybridized carbons (Fsp3) is 0.358. The van der Waals surface area contributed by atoms with Gasteiger partial charge in [0.05, 0.1) is 124 Å². The third-order valence-corrected chi connectivity index (χ3v) is 26.3. The number of benzene rings is 6. The number of carboxylic acid groups (broad SMARTS) is 1. The second-order valence-electron chi connectivity index (χ2n) is 35.8. The molecule has 12 aromatic rings. The zero-order valence-corrected chi connectivity index (χ0v) is 77.9. The number of fused-ring (bicyclic) bond motifs is 4. The van der Waals surface area contributed by atoms with Crippen LogP contribution in [0.15, 0.2) is 194 Å². The molecule has 10 N–H and O–H groups in total. The van der Waals surface area contributed by atoms with Crippen molar-refractivity contribution in [3.05, 3.63) is 244 Å². The summed E-state index contributed by atoms with van der Waals surface area (Å²) in [5, 5.41) is 16.0. The highest BCUT2D eigenvalue weighted by Gasteiger charge is 2.48. The van der Waals surface area contributed by atoms with Gasteiger partial charge in [-0.15, -0.1) is 0 Å². The Bertz CT molecular complexity index is 6550. The minimum Gasteiger partial charge on any atom is -0.481 e. The first-order valence-electron chi connectivity index (χ1n) is 47.5. The zero-order valence-electron chi connectivity index (χ0n) is 77.9. The summed E-state index contributed by atoms with van der Waals surface area (Å²) in [6.45, 7) is 9.71. The number of imide groups is 4. The van der Waals surface area contributed by atoms with Crippen LogP contribution in [0.4, 0.5) is 17.3 Å². The van der Waals surface area contributed by atoms with Crippen molar-refractivity contribution >= 4 is 98.7 Å². The summed E-state index contributed by atoms with van der Waals surface area (Å²) in [6.07, 6.45) is 15.4. The molecule has 0 radical (unpaired) electrons. The molecule has 0 bridgehead atoms. The van der Waals surface area contributed by atoms with Gasteiger partial charge < -0.3 is 56.0 Å². The molecule has 18 rings (SSSR count). The monoisotopic (exact) mass is 1880 g/mol. The van der Waals surface area contributed by atoms with Crippen molar-refractivity contribution in [1.29, 1.82) is 0 Å². The van der Waals surface area contributed by atoms with Crippen molar-refractivity contribution in [1.82, 2.24) is 59.5 Å². The molecular weight excluding hydrogens is 1770 g/mol. The normalized spacial score (nSPS) is 16.3. The van der Waals surface area contributed by atoms with E-state index in [1.807, 2.05) is 54.6 Å². The van der Waals surface area contributed by atoms with Crippen LogP contribution in [0.25, 0.3) is 79.0 Å². The number of rotatable bonds is 42. The summed E-state index contributed by atoms with van der Waals surface area (Å²) >= 11 is 0. The number of nitrogens with zero attached hydrogens (tertiary/aromatic N) is 10. The van der Waals surface area contributed by atoms with Crippen LogP contribution < -0.4 is 33.2 Å². The largest absolute Gasteiger partial charge is 0.481 e. The third kappa shape index (κ3) is 22.9. The Hall–Kier alpha value is -14.3. The number of nitrogens with one attached hydrogen (secondary N) is 3. The Morgan fingerprint density at radius 3 is 1.37 bits per heavy atom. The number of carbonyl (C=O) groups is 10. The maximum Gasteiger partial charge on any atom is 0.305 e. The second kappa shape index (κ2) is 45.3. The lowest BCUT2D eigenvalue weighted by Crippen LogP contribution is -2.54. The number of ketones is 1. The molecule has 10 heterocycles. The van der Waals surface area contributed by atoms with E-state index in [0.717, 1.165) is 108 Å². The molecule has 2 aliphatic carbocycles. The van der Waals surface area contributed by atoms with E-state index in [0.29, 0.717) is 146 Å². The van der Waals surface area contributed by atoms with E-state index in [9.17, 15) is 47.9 Å². The number of pyridine rings is 4. The van der Waals surface area contributed by atoms with Gasteiger partial charge in [-0.05, 0) is 219 Å². The molecule has 139 heavy (non-hydrogen) atoms. The first-order valence-corrected chi connectivity index (χ1v) is 47.5. The molecule has 2 atom stereocenters. The van der Waals surface area contributed by atoms with Gasteiger partial charge in [-0.3, -0.25) is 77.5 Å². The van der Waals surface area contributed by atoms with Crippen LogP contribution in [-0.4, -0.2) is 217 Å².